The second-order valence-corrected chi connectivity index (χ2v) is 9.82. The Morgan fingerprint density at radius 2 is 1.74 bits per heavy atom. The van der Waals surface area contributed by atoms with E-state index in [-0.39, 0.29) is 12.6 Å². The quantitative estimate of drug-likeness (QED) is 0.198. The number of carbonyl (C=O) groups is 1. The molecule has 0 fully saturated rings. The van der Waals surface area contributed by atoms with E-state index in [9.17, 15) is 4.79 Å². The SMILES string of the molecule is C=C/C(=C\C=C(\C)C(=C)C)CN(C(=O)Nc1c(CC)c(N)cc(Cl)c1CC)c1ccc(OC)c2ccccc12. The molecular weight excluding hydrogens is 506 g/mol. The van der Waals surface area contributed by atoms with E-state index < -0.39 is 0 Å². The molecule has 0 saturated heterocycles. The lowest BCUT2D eigenvalue weighted by molar-refractivity contribution is 0.257. The average Bonchev–Trinajstić information content (AvgIpc) is 2.92. The third kappa shape index (κ3) is 6.55. The summed E-state index contributed by atoms with van der Waals surface area (Å²) in [5.74, 6) is 0.735. The van der Waals surface area contributed by atoms with Crippen LogP contribution in [0.15, 0.2) is 90.6 Å². The lowest BCUT2D eigenvalue weighted by Gasteiger charge is -2.27. The number of carbonyl (C=O) groups excluding carboxylic acids is 1. The van der Waals surface area contributed by atoms with Crippen LogP contribution in [0.3, 0.4) is 0 Å². The van der Waals surface area contributed by atoms with Crippen LogP contribution in [0.2, 0.25) is 5.02 Å². The van der Waals surface area contributed by atoms with Gasteiger partial charge in [-0.25, -0.2) is 4.79 Å². The highest BCUT2D eigenvalue weighted by Gasteiger charge is 2.23. The molecule has 3 rings (SSSR count). The topological polar surface area (TPSA) is 67.6 Å². The molecule has 3 N–H and O–H groups in total. The van der Waals surface area contributed by atoms with Crippen LogP contribution in [0.5, 0.6) is 5.75 Å². The maximum Gasteiger partial charge on any atom is 0.326 e. The highest BCUT2D eigenvalue weighted by molar-refractivity contribution is 6.32. The van der Waals surface area contributed by atoms with Crippen LogP contribution < -0.4 is 20.7 Å². The van der Waals surface area contributed by atoms with Gasteiger partial charge in [0.1, 0.15) is 5.75 Å². The van der Waals surface area contributed by atoms with E-state index in [1.54, 1.807) is 24.2 Å². The molecule has 6 heteroatoms. The molecular formula is C33H38ClN3O2. The van der Waals surface area contributed by atoms with Gasteiger partial charge in [0.2, 0.25) is 0 Å². The summed E-state index contributed by atoms with van der Waals surface area (Å²) in [6, 6.07) is 13.1. The Morgan fingerprint density at radius 1 is 1.08 bits per heavy atom. The zero-order valence-corrected chi connectivity index (χ0v) is 24.3. The van der Waals surface area contributed by atoms with E-state index in [0.717, 1.165) is 50.1 Å². The Balaban J connectivity index is 2.20. The van der Waals surface area contributed by atoms with Gasteiger partial charge in [-0.05, 0) is 67.2 Å². The molecule has 0 aliphatic carbocycles. The summed E-state index contributed by atoms with van der Waals surface area (Å²) in [5, 5.41) is 5.51. The number of urea groups is 1. The number of halogens is 1. The monoisotopic (exact) mass is 543 g/mol. The van der Waals surface area contributed by atoms with E-state index in [1.807, 2.05) is 76.2 Å². The van der Waals surface area contributed by atoms with Crippen LogP contribution in [0.25, 0.3) is 10.8 Å². The van der Waals surface area contributed by atoms with Gasteiger partial charge in [-0.2, -0.15) is 0 Å². The number of nitrogen functional groups attached to an aromatic ring is 1. The average molecular weight is 544 g/mol. The van der Waals surface area contributed by atoms with Crippen molar-refractivity contribution in [2.45, 2.75) is 40.5 Å². The number of amides is 2. The van der Waals surface area contributed by atoms with E-state index in [1.165, 1.54) is 0 Å². The molecule has 2 amide bonds. The van der Waals surface area contributed by atoms with Crippen LogP contribution in [0, 0.1) is 0 Å². The summed E-state index contributed by atoms with van der Waals surface area (Å²) in [4.78, 5) is 15.9. The predicted molar refractivity (Wildman–Crippen MR) is 168 cm³/mol. The van der Waals surface area contributed by atoms with Crippen LogP contribution in [0.4, 0.5) is 21.9 Å². The minimum atomic E-state index is -0.301. The highest BCUT2D eigenvalue weighted by Crippen LogP contribution is 2.37. The maximum atomic E-state index is 14.2. The van der Waals surface area contributed by atoms with Crippen molar-refractivity contribution in [3.63, 3.8) is 0 Å². The molecule has 0 aromatic heterocycles. The number of nitrogens with zero attached hydrogens (tertiary/aromatic N) is 1. The Hall–Kier alpha value is -3.96. The van der Waals surface area contributed by atoms with E-state index in [2.05, 4.69) is 18.5 Å². The second-order valence-electron chi connectivity index (χ2n) is 9.41. The van der Waals surface area contributed by atoms with Crippen molar-refractivity contribution in [1.82, 2.24) is 0 Å². The van der Waals surface area contributed by atoms with E-state index >= 15 is 0 Å². The standard InChI is InChI=1S/C33H38ClN3O2/c1-8-23(16-15-22(6)21(4)5)20-37(30-17-18-31(39-7)27-14-12-11-13-26(27)30)33(38)36-32-24(9-2)28(34)19-29(35)25(32)10-3/h8,11-19H,1,4,9-10,20,35H2,2-3,5-7H3,(H,36,38)/b22-15-,23-16+. The van der Waals surface area contributed by atoms with E-state index in [4.69, 9.17) is 22.1 Å². The number of rotatable bonds is 10. The highest BCUT2D eigenvalue weighted by atomic mass is 35.5. The molecule has 0 spiro atoms. The van der Waals surface area contributed by atoms with Crippen molar-refractivity contribution in [2.75, 3.05) is 29.6 Å². The van der Waals surface area contributed by atoms with Crippen molar-refractivity contribution in [2.24, 2.45) is 0 Å². The van der Waals surface area contributed by atoms with Crippen molar-refractivity contribution >= 4 is 45.5 Å². The molecule has 0 aliphatic rings. The lowest BCUT2D eigenvalue weighted by Crippen LogP contribution is -2.37. The Bertz CT molecular complexity index is 1440. The number of allylic oxidation sites excluding steroid dienone is 4. The summed E-state index contributed by atoms with van der Waals surface area (Å²) < 4.78 is 5.60. The Morgan fingerprint density at radius 3 is 2.33 bits per heavy atom. The van der Waals surface area contributed by atoms with Gasteiger partial charge in [-0.1, -0.05) is 86.7 Å². The van der Waals surface area contributed by atoms with Crippen LogP contribution >= 0.6 is 11.6 Å². The fourth-order valence-corrected chi connectivity index (χ4v) is 4.83. The van der Waals surface area contributed by atoms with Crippen LogP contribution in [-0.4, -0.2) is 19.7 Å². The third-order valence-electron chi connectivity index (χ3n) is 6.90. The first-order chi connectivity index (χ1) is 18.7. The van der Waals surface area contributed by atoms with Crippen LogP contribution in [-0.2, 0) is 12.8 Å². The van der Waals surface area contributed by atoms with Gasteiger partial charge in [-0.15, -0.1) is 0 Å². The molecule has 0 saturated carbocycles. The normalized spacial score (nSPS) is 11.8. The number of hydrogen-bond acceptors (Lipinski definition) is 3. The van der Waals surface area contributed by atoms with Crippen molar-refractivity contribution in [1.29, 1.82) is 0 Å². The Labute approximate surface area is 237 Å². The molecule has 0 heterocycles. The zero-order valence-electron chi connectivity index (χ0n) is 23.5. The molecule has 39 heavy (non-hydrogen) atoms. The minimum Gasteiger partial charge on any atom is -0.496 e. The fourth-order valence-electron chi connectivity index (χ4n) is 4.49. The molecule has 0 atom stereocenters. The van der Waals surface area contributed by atoms with Crippen LogP contribution in [0.1, 0.15) is 38.8 Å². The predicted octanol–water partition coefficient (Wildman–Crippen LogP) is 8.88. The molecule has 0 aliphatic heterocycles. The summed E-state index contributed by atoms with van der Waals surface area (Å²) in [5.41, 5.74) is 12.9. The number of fused-ring (bicyclic) bond motifs is 1. The second kappa shape index (κ2) is 13.2. The number of anilines is 3. The van der Waals surface area contributed by atoms with Crippen molar-refractivity contribution in [3.05, 3.63) is 107 Å². The maximum absolute atomic E-state index is 14.2. The zero-order chi connectivity index (χ0) is 28.7. The van der Waals surface area contributed by atoms with Gasteiger partial charge < -0.3 is 15.8 Å². The number of nitrogens with two attached hydrogens (primary N) is 1. The number of benzene rings is 3. The van der Waals surface area contributed by atoms with Gasteiger partial charge >= 0.3 is 6.03 Å². The smallest absolute Gasteiger partial charge is 0.326 e. The first kappa shape index (κ1) is 29.6. The lowest BCUT2D eigenvalue weighted by atomic mass is 10.0. The van der Waals surface area contributed by atoms with Gasteiger partial charge in [-0.3, -0.25) is 4.90 Å². The van der Waals surface area contributed by atoms with Gasteiger partial charge in [0.05, 0.1) is 25.0 Å². The number of nitrogens with one attached hydrogen (secondary N) is 1. The summed E-state index contributed by atoms with van der Waals surface area (Å²) in [7, 11) is 1.64. The molecule has 0 bridgehead atoms. The fraction of sp³-hybridized carbons (Fsp3) is 0.242. The van der Waals surface area contributed by atoms with Crippen molar-refractivity contribution in [3.8, 4) is 5.75 Å². The van der Waals surface area contributed by atoms with Crippen molar-refractivity contribution < 1.29 is 9.53 Å². The minimum absolute atomic E-state index is 0.282. The Kier molecular flexibility index (Phi) is 10.0. The van der Waals surface area contributed by atoms with E-state index in [0.29, 0.717) is 29.2 Å². The molecule has 0 radical (unpaired) electrons. The van der Waals surface area contributed by atoms with Gasteiger partial charge in [0.15, 0.2) is 0 Å². The van der Waals surface area contributed by atoms with Gasteiger partial charge in [0.25, 0.3) is 0 Å². The third-order valence-corrected chi connectivity index (χ3v) is 7.24. The van der Waals surface area contributed by atoms with Gasteiger partial charge in [0, 0.05) is 21.5 Å². The molecule has 3 aromatic carbocycles. The molecule has 204 valence electrons. The summed E-state index contributed by atoms with van der Waals surface area (Å²) in [6.45, 7) is 16.3. The first-order valence-electron chi connectivity index (χ1n) is 13.1. The number of ether oxygens (including phenoxy) is 1. The largest absolute Gasteiger partial charge is 0.496 e. The first-order valence-corrected chi connectivity index (χ1v) is 13.4. The molecule has 3 aromatic rings. The summed E-state index contributed by atoms with van der Waals surface area (Å²) >= 11 is 6.56. The molecule has 5 nitrogen and oxygen atoms in total. The molecule has 0 unspecified atom stereocenters. The number of hydrogen-bond donors (Lipinski definition) is 2. The number of methoxy groups -OCH3 is 1. The summed E-state index contributed by atoms with van der Waals surface area (Å²) in [6.07, 6.45) is 7.02.